The molecule has 176 valence electrons. The van der Waals surface area contributed by atoms with Crippen molar-refractivity contribution in [3.05, 3.63) is 34.9 Å². The Morgan fingerprint density at radius 2 is 1.91 bits per heavy atom. The van der Waals surface area contributed by atoms with Crippen LogP contribution < -0.4 is 5.73 Å². The fourth-order valence-corrected chi connectivity index (χ4v) is 7.83. The number of carbonyl (C=O) groups is 1. The van der Waals surface area contributed by atoms with Crippen molar-refractivity contribution in [2.24, 2.45) is 33.9 Å². The first-order valence-electron chi connectivity index (χ1n) is 12.6. The van der Waals surface area contributed by atoms with Crippen LogP contribution in [-0.2, 0) is 21.5 Å². The van der Waals surface area contributed by atoms with Crippen LogP contribution in [0.25, 0.3) is 0 Å². The topological polar surface area (TPSA) is 91.7 Å². The van der Waals surface area contributed by atoms with Gasteiger partial charge in [-0.05, 0) is 73.1 Å². The van der Waals surface area contributed by atoms with Gasteiger partial charge < -0.3 is 10.5 Å². The quantitative estimate of drug-likeness (QED) is 0.753. The molecular formula is C27H36N4O2. The number of benzene rings is 1. The van der Waals surface area contributed by atoms with E-state index in [4.69, 9.17) is 15.5 Å². The number of nitrogens with two attached hydrogens (primary N) is 1. The van der Waals surface area contributed by atoms with Crippen molar-refractivity contribution in [2.75, 3.05) is 13.7 Å². The molecule has 0 unspecified atom stereocenters. The van der Waals surface area contributed by atoms with E-state index in [1.807, 2.05) is 18.2 Å². The molecule has 5 rings (SSSR count). The third-order valence-corrected chi connectivity index (χ3v) is 9.02. The number of hydrogen-bond donors (Lipinski definition) is 1. The summed E-state index contributed by atoms with van der Waals surface area (Å²) in [6, 6.07) is 8.07. The Bertz CT molecular complexity index is 1010. The van der Waals surface area contributed by atoms with E-state index < -0.39 is 5.54 Å². The summed E-state index contributed by atoms with van der Waals surface area (Å²) in [6.07, 6.45) is 8.68. The van der Waals surface area contributed by atoms with Crippen molar-refractivity contribution in [3.63, 3.8) is 0 Å². The Labute approximate surface area is 197 Å². The van der Waals surface area contributed by atoms with Crippen molar-refractivity contribution in [1.29, 1.82) is 5.26 Å². The zero-order chi connectivity index (χ0) is 23.4. The standard InChI is InChI=1S/C27H36N4O2/c1-17-12-26(13-18(2)23(17)33-3)14-21-10-9-20(15-28)11-22(21)27(26)24(32)31(25(29)30-27)16-19-7-5-4-6-8-19/h9-11,17-19,23H,4-8,12-14,16H2,1-3H3,(H2,29,30)/t17-,18+,23+,26+,27-/m1/s1. The highest BCUT2D eigenvalue weighted by Crippen LogP contribution is 2.63. The maximum Gasteiger partial charge on any atom is 0.262 e. The summed E-state index contributed by atoms with van der Waals surface area (Å²) in [5.41, 5.74) is 7.77. The highest BCUT2D eigenvalue weighted by Gasteiger charge is 2.68. The number of hydrogen-bond acceptors (Lipinski definition) is 5. The fraction of sp³-hybridized carbons (Fsp3) is 0.667. The molecule has 0 aromatic heterocycles. The predicted molar refractivity (Wildman–Crippen MR) is 127 cm³/mol. The van der Waals surface area contributed by atoms with Gasteiger partial charge in [-0.3, -0.25) is 9.69 Å². The summed E-state index contributed by atoms with van der Waals surface area (Å²) in [5.74, 6) is 1.47. The summed E-state index contributed by atoms with van der Waals surface area (Å²) < 4.78 is 5.85. The molecule has 0 bridgehead atoms. The smallest absolute Gasteiger partial charge is 0.262 e. The van der Waals surface area contributed by atoms with Gasteiger partial charge in [0.1, 0.15) is 0 Å². The van der Waals surface area contributed by atoms with E-state index in [2.05, 4.69) is 19.9 Å². The maximum atomic E-state index is 14.4. The third-order valence-electron chi connectivity index (χ3n) is 9.02. The Morgan fingerprint density at radius 3 is 2.55 bits per heavy atom. The molecule has 1 amide bonds. The molecule has 2 N–H and O–H groups in total. The normalized spacial score (nSPS) is 36.3. The van der Waals surface area contributed by atoms with Gasteiger partial charge in [0.05, 0.1) is 17.7 Å². The third kappa shape index (κ3) is 3.23. The van der Waals surface area contributed by atoms with Gasteiger partial charge in [0.15, 0.2) is 11.5 Å². The summed E-state index contributed by atoms with van der Waals surface area (Å²) in [7, 11) is 1.79. The van der Waals surface area contributed by atoms with Crippen molar-refractivity contribution in [3.8, 4) is 6.07 Å². The Hall–Kier alpha value is -2.39. The van der Waals surface area contributed by atoms with Crippen LogP contribution in [0, 0.1) is 34.5 Å². The molecule has 2 fully saturated rings. The second kappa shape index (κ2) is 8.13. The van der Waals surface area contributed by atoms with Gasteiger partial charge in [0, 0.05) is 19.1 Å². The molecule has 0 saturated heterocycles. The highest BCUT2D eigenvalue weighted by atomic mass is 16.5. The molecule has 33 heavy (non-hydrogen) atoms. The molecule has 6 heteroatoms. The van der Waals surface area contributed by atoms with Crippen LogP contribution in [0.4, 0.5) is 0 Å². The van der Waals surface area contributed by atoms with Gasteiger partial charge in [0.2, 0.25) is 0 Å². The number of amides is 1. The number of nitriles is 1. The number of ether oxygens (including phenoxy) is 1. The van der Waals surface area contributed by atoms with E-state index >= 15 is 0 Å². The van der Waals surface area contributed by atoms with Gasteiger partial charge in [0.25, 0.3) is 5.91 Å². The van der Waals surface area contributed by atoms with Crippen molar-refractivity contribution < 1.29 is 9.53 Å². The number of methoxy groups -OCH3 is 1. The van der Waals surface area contributed by atoms with Crippen LogP contribution >= 0.6 is 0 Å². The number of guanidine groups is 1. The maximum absolute atomic E-state index is 14.4. The molecule has 2 spiro atoms. The van der Waals surface area contributed by atoms with Crippen LogP contribution in [0.1, 0.15) is 75.5 Å². The molecular weight excluding hydrogens is 412 g/mol. The Kier molecular flexibility index (Phi) is 5.52. The summed E-state index contributed by atoms with van der Waals surface area (Å²) in [6.45, 7) is 5.12. The second-order valence-corrected chi connectivity index (χ2v) is 11.1. The SMILES string of the molecule is CO[C@H]1[C@H](C)C[C@@]2(Cc3ccc(C#N)cc3[C@]23N=C(N)N(CC2CCCCC2)C3=O)C[C@@H]1C. The molecule has 0 radical (unpaired) electrons. The lowest BCUT2D eigenvalue weighted by Crippen LogP contribution is -2.55. The molecule has 1 aromatic carbocycles. The molecule has 6 nitrogen and oxygen atoms in total. The number of nitrogens with zero attached hydrogens (tertiary/aromatic N) is 3. The molecule has 4 aliphatic rings. The van der Waals surface area contributed by atoms with Gasteiger partial charge in [-0.15, -0.1) is 0 Å². The first-order valence-corrected chi connectivity index (χ1v) is 12.6. The first-order chi connectivity index (χ1) is 15.8. The minimum atomic E-state index is -1.03. The molecule has 3 aliphatic carbocycles. The zero-order valence-corrected chi connectivity index (χ0v) is 20.1. The lowest BCUT2D eigenvalue weighted by molar-refractivity contribution is -0.142. The molecule has 2 saturated carbocycles. The predicted octanol–water partition coefficient (Wildman–Crippen LogP) is 4.11. The summed E-state index contributed by atoms with van der Waals surface area (Å²) in [5, 5.41) is 9.62. The van der Waals surface area contributed by atoms with Crippen molar-refractivity contribution in [1.82, 2.24) is 4.90 Å². The number of rotatable bonds is 3. The largest absolute Gasteiger partial charge is 0.381 e. The monoisotopic (exact) mass is 448 g/mol. The van der Waals surface area contributed by atoms with Gasteiger partial charge in [-0.1, -0.05) is 39.2 Å². The average Bonchev–Trinajstić information content (AvgIpc) is 3.20. The van der Waals surface area contributed by atoms with Crippen LogP contribution in [0.5, 0.6) is 0 Å². The van der Waals surface area contributed by atoms with Gasteiger partial charge in [-0.2, -0.15) is 5.26 Å². The zero-order valence-electron chi connectivity index (χ0n) is 20.1. The van der Waals surface area contributed by atoms with Gasteiger partial charge in [-0.25, -0.2) is 4.99 Å². The average molecular weight is 449 g/mol. The summed E-state index contributed by atoms with van der Waals surface area (Å²) in [4.78, 5) is 21.3. The van der Waals surface area contributed by atoms with Crippen LogP contribution in [0.3, 0.4) is 0 Å². The second-order valence-electron chi connectivity index (χ2n) is 11.1. The highest BCUT2D eigenvalue weighted by molar-refractivity contribution is 6.08. The number of aliphatic imine (C=N–C) groups is 1. The van der Waals surface area contributed by atoms with Crippen LogP contribution in [-0.4, -0.2) is 36.5 Å². The minimum Gasteiger partial charge on any atom is -0.381 e. The Balaban J connectivity index is 1.61. The fourth-order valence-electron chi connectivity index (χ4n) is 7.83. The molecule has 1 heterocycles. The molecule has 5 atom stereocenters. The first kappa shape index (κ1) is 22.4. The van der Waals surface area contributed by atoms with Crippen molar-refractivity contribution >= 4 is 11.9 Å². The number of carbonyl (C=O) groups excluding carboxylic acids is 1. The van der Waals surface area contributed by atoms with E-state index in [-0.39, 0.29) is 17.4 Å². The number of fused-ring (bicyclic) bond motifs is 3. The Morgan fingerprint density at radius 1 is 1.21 bits per heavy atom. The van der Waals surface area contributed by atoms with E-state index in [0.717, 1.165) is 43.2 Å². The lowest BCUT2D eigenvalue weighted by Gasteiger charge is -2.50. The minimum absolute atomic E-state index is 0.0229. The van der Waals surface area contributed by atoms with E-state index in [1.54, 1.807) is 12.0 Å². The van der Waals surface area contributed by atoms with Crippen LogP contribution in [0.15, 0.2) is 23.2 Å². The molecule has 1 aromatic rings. The molecule has 1 aliphatic heterocycles. The van der Waals surface area contributed by atoms with E-state index in [9.17, 15) is 10.1 Å². The van der Waals surface area contributed by atoms with Crippen LogP contribution in [0.2, 0.25) is 0 Å². The summed E-state index contributed by atoms with van der Waals surface area (Å²) >= 11 is 0. The lowest BCUT2D eigenvalue weighted by atomic mass is 9.56. The van der Waals surface area contributed by atoms with E-state index in [0.29, 0.717) is 35.8 Å². The van der Waals surface area contributed by atoms with Gasteiger partial charge >= 0.3 is 0 Å². The van der Waals surface area contributed by atoms with E-state index in [1.165, 1.54) is 19.3 Å². The van der Waals surface area contributed by atoms with Crippen molar-refractivity contribution in [2.45, 2.75) is 76.9 Å².